The van der Waals surface area contributed by atoms with Crippen molar-refractivity contribution in [3.8, 4) is 17.0 Å². The van der Waals surface area contributed by atoms with Gasteiger partial charge in [0.05, 0.1) is 5.69 Å². The fraction of sp³-hybridized carbons (Fsp3) is 0.286. The summed E-state index contributed by atoms with van der Waals surface area (Å²) < 4.78 is 30.8. The van der Waals surface area contributed by atoms with E-state index in [0.29, 0.717) is 5.02 Å². The zero-order valence-electron chi connectivity index (χ0n) is 12.5. The number of rotatable bonds is 5. The van der Waals surface area contributed by atoms with E-state index >= 15 is 0 Å². The zero-order valence-corrected chi connectivity index (χ0v) is 13.2. The van der Waals surface area contributed by atoms with E-state index in [9.17, 15) is 13.6 Å². The van der Waals surface area contributed by atoms with E-state index in [1.165, 1.54) is 34.0 Å². The van der Waals surface area contributed by atoms with Gasteiger partial charge in [0.2, 0.25) is 5.91 Å². The van der Waals surface area contributed by atoms with Gasteiger partial charge in [-0.2, -0.15) is 13.9 Å². The molecule has 0 aliphatic heterocycles. The second-order valence-electron chi connectivity index (χ2n) is 4.94. The minimum absolute atomic E-state index is 0.0250. The molecule has 9 heteroatoms. The third-order valence-electron chi connectivity index (χ3n) is 3.00. The number of nitrogens with zero attached hydrogens (tertiary/aromatic N) is 3. The van der Waals surface area contributed by atoms with Crippen molar-refractivity contribution in [2.24, 2.45) is 0 Å². The quantitative estimate of drug-likeness (QED) is 0.904. The van der Waals surface area contributed by atoms with Gasteiger partial charge in [0.25, 0.3) is 0 Å². The van der Waals surface area contributed by atoms with Crippen molar-refractivity contribution in [2.75, 3.05) is 19.8 Å². The molecule has 0 aliphatic carbocycles. The molecule has 124 valence electrons. The number of alkyl halides is 2. The van der Waals surface area contributed by atoms with E-state index in [4.69, 9.17) is 17.3 Å². The highest BCUT2D eigenvalue weighted by molar-refractivity contribution is 6.31. The summed E-state index contributed by atoms with van der Waals surface area (Å²) in [6.07, 6.45) is 1.45. The van der Waals surface area contributed by atoms with Crippen LogP contribution >= 0.6 is 11.6 Å². The average molecular weight is 345 g/mol. The SMILES string of the molecule is CN(C)C(=O)Cn1cc(N)c(-c2cc(Cl)ccc2OC(F)F)n1. The molecule has 0 spiro atoms. The van der Waals surface area contributed by atoms with E-state index in [0.717, 1.165) is 0 Å². The van der Waals surface area contributed by atoms with E-state index < -0.39 is 6.61 Å². The largest absolute Gasteiger partial charge is 0.434 e. The number of carbonyl (C=O) groups is 1. The molecule has 1 amide bonds. The van der Waals surface area contributed by atoms with Gasteiger partial charge in [0.15, 0.2) is 0 Å². The van der Waals surface area contributed by atoms with Crippen LogP contribution in [-0.4, -0.2) is 41.3 Å². The molecule has 0 bridgehead atoms. The molecule has 6 nitrogen and oxygen atoms in total. The van der Waals surface area contributed by atoms with Crippen LogP contribution in [0.15, 0.2) is 24.4 Å². The maximum absolute atomic E-state index is 12.5. The highest BCUT2D eigenvalue weighted by Crippen LogP contribution is 2.35. The van der Waals surface area contributed by atoms with Crippen molar-refractivity contribution < 1.29 is 18.3 Å². The fourth-order valence-electron chi connectivity index (χ4n) is 1.89. The third-order valence-corrected chi connectivity index (χ3v) is 3.23. The molecule has 0 fully saturated rings. The van der Waals surface area contributed by atoms with Gasteiger partial charge in [-0.15, -0.1) is 0 Å². The summed E-state index contributed by atoms with van der Waals surface area (Å²) in [5.41, 5.74) is 6.55. The first kappa shape index (κ1) is 17.0. The minimum atomic E-state index is -2.99. The molecule has 23 heavy (non-hydrogen) atoms. The molecule has 0 saturated heterocycles. The molecule has 0 aliphatic rings. The van der Waals surface area contributed by atoms with E-state index in [1.54, 1.807) is 14.1 Å². The summed E-state index contributed by atoms with van der Waals surface area (Å²) in [5, 5.41) is 4.49. The molecule has 1 heterocycles. The van der Waals surface area contributed by atoms with Crippen LogP contribution in [0.1, 0.15) is 0 Å². The van der Waals surface area contributed by atoms with Crippen molar-refractivity contribution in [3.63, 3.8) is 0 Å². The van der Waals surface area contributed by atoms with Gasteiger partial charge >= 0.3 is 6.61 Å². The zero-order chi connectivity index (χ0) is 17.1. The second-order valence-corrected chi connectivity index (χ2v) is 5.37. The van der Waals surface area contributed by atoms with Crippen LogP contribution in [0.4, 0.5) is 14.5 Å². The topological polar surface area (TPSA) is 73.4 Å². The van der Waals surface area contributed by atoms with Gasteiger partial charge in [0.1, 0.15) is 18.0 Å². The summed E-state index contributed by atoms with van der Waals surface area (Å²) >= 11 is 5.91. The van der Waals surface area contributed by atoms with Crippen LogP contribution in [-0.2, 0) is 11.3 Å². The number of aromatic nitrogens is 2. The Bertz CT molecular complexity index is 719. The number of anilines is 1. The number of likely N-dealkylation sites (N-methyl/N-ethyl adjacent to an activating group) is 1. The predicted molar refractivity (Wildman–Crippen MR) is 82.4 cm³/mol. The maximum atomic E-state index is 12.5. The lowest BCUT2D eigenvalue weighted by molar-refractivity contribution is -0.129. The van der Waals surface area contributed by atoms with Gasteiger partial charge in [-0.25, -0.2) is 0 Å². The number of ether oxygens (including phenoxy) is 1. The molecule has 2 rings (SSSR count). The lowest BCUT2D eigenvalue weighted by Gasteiger charge is -2.10. The molecule has 0 saturated carbocycles. The molecule has 0 atom stereocenters. The number of carbonyl (C=O) groups excluding carboxylic acids is 1. The van der Waals surface area contributed by atoms with Gasteiger partial charge < -0.3 is 15.4 Å². The molecular weight excluding hydrogens is 330 g/mol. The van der Waals surface area contributed by atoms with Crippen LogP contribution in [0.2, 0.25) is 5.02 Å². The lowest BCUT2D eigenvalue weighted by atomic mass is 10.1. The summed E-state index contributed by atoms with van der Waals surface area (Å²) in [7, 11) is 3.23. The van der Waals surface area contributed by atoms with E-state index in [2.05, 4.69) is 9.84 Å². The smallest absolute Gasteiger partial charge is 0.387 e. The highest BCUT2D eigenvalue weighted by atomic mass is 35.5. The Morgan fingerprint density at radius 1 is 1.48 bits per heavy atom. The first-order chi connectivity index (χ1) is 10.8. The van der Waals surface area contributed by atoms with Crippen LogP contribution in [0.25, 0.3) is 11.3 Å². The Kier molecular flexibility index (Phi) is 5.05. The van der Waals surface area contributed by atoms with E-state index in [1.807, 2.05) is 0 Å². The normalized spacial score (nSPS) is 10.9. The Labute approximate surface area is 136 Å². The molecule has 1 aromatic carbocycles. The van der Waals surface area contributed by atoms with Crippen LogP contribution in [0.5, 0.6) is 5.75 Å². The molecule has 1 aromatic heterocycles. The van der Waals surface area contributed by atoms with Crippen molar-refractivity contribution >= 4 is 23.2 Å². The number of hydrogen-bond acceptors (Lipinski definition) is 4. The summed E-state index contributed by atoms with van der Waals surface area (Å²) in [6.45, 7) is -3.02. The predicted octanol–water partition coefficient (Wildman–Crippen LogP) is 2.48. The number of nitrogen functional groups attached to an aromatic ring is 1. The maximum Gasteiger partial charge on any atom is 0.387 e. The molecule has 2 N–H and O–H groups in total. The lowest BCUT2D eigenvalue weighted by Crippen LogP contribution is -2.26. The van der Waals surface area contributed by atoms with Crippen LogP contribution in [0, 0.1) is 0 Å². The molecule has 0 radical (unpaired) electrons. The third kappa shape index (κ3) is 4.10. The Morgan fingerprint density at radius 2 is 2.17 bits per heavy atom. The van der Waals surface area contributed by atoms with Gasteiger partial charge in [-0.05, 0) is 18.2 Å². The number of nitrogens with two attached hydrogens (primary N) is 1. The van der Waals surface area contributed by atoms with Gasteiger partial charge in [0, 0.05) is 30.9 Å². The number of amides is 1. The summed E-state index contributed by atoms with van der Waals surface area (Å²) in [6, 6.07) is 4.16. The minimum Gasteiger partial charge on any atom is -0.434 e. The van der Waals surface area contributed by atoms with Crippen molar-refractivity contribution in [2.45, 2.75) is 13.2 Å². The number of hydrogen-bond donors (Lipinski definition) is 1. The first-order valence-corrected chi connectivity index (χ1v) is 6.93. The fourth-order valence-corrected chi connectivity index (χ4v) is 2.07. The number of halogens is 3. The van der Waals surface area contributed by atoms with Crippen molar-refractivity contribution in [1.82, 2.24) is 14.7 Å². The average Bonchev–Trinajstić information content (AvgIpc) is 2.80. The van der Waals surface area contributed by atoms with Crippen LogP contribution < -0.4 is 10.5 Å². The summed E-state index contributed by atoms with van der Waals surface area (Å²) in [4.78, 5) is 13.1. The highest BCUT2D eigenvalue weighted by Gasteiger charge is 2.18. The Morgan fingerprint density at radius 3 is 2.78 bits per heavy atom. The summed E-state index contributed by atoms with van der Waals surface area (Å²) in [5.74, 6) is -0.283. The monoisotopic (exact) mass is 344 g/mol. The molecule has 0 unspecified atom stereocenters. The molecular formula is C14H15ClF2N4O2. The number of benzene rings is 1. The second kappa shape index (κ2) is 6.82. The Hall–Kier alpha value is -2.35. The van der Waals surface area contributed by atoms with E-state index in [-0.39, 0.29) is 35.1 Å². The molecule has 2 aromatic rings. The first-order valence-electron chi connectivity index (χ1n) is 6.55. The van der Waals surface area contributed by atoms with Crippen LogP contribution in [0.3, 0.4) is 0 Å². The Balaban J connectivity index is 2.40. The van der Waals surface area contributed by atoms with Gasteiger partial charge in [-0.1, -0.05) is 11.6 Å². The standard InChI is InChI=1S/C14H15ClF2N4O2/c1-20(2)12(22)7-21-6-10(18)13(19-21)9-5-8(15)3-4-11(9)23-14(16)17/h3-6,14H,7,18H2,1-2H3. The van der Waals surface area contributed by atoms with Gasteiger partial charge in [-0.3, -0.25) is 9.48 Å². The van der Waals surface area contributed by atoms with Crippen molar-refractivity contribution in [1.29, 1.82) is 0 Å². The van der Waals surface area contributed by atoms with Crippen molar-refractivity contribution in [3.05, 3.63) is 29.4 Å².